The van der Waals surface area contributed by atoms with Crippen molar-refractivity contribution in [3.8, 4) is 0 Å². The fraction of sp³-hybridized carbons (Fsp3) is 0.533. The predicted molar refractivity (Wildman–Crippen MR) is 78.0 cm³/mol. The maximum absolute atomic E-state index is 12.3. The first-order chi connectivity index (χ1) is 8.86. The normalized spacial score (nSPS) is 13.4. The van der Waals surface area contributed by atoms with Crippen LogP contribution in [0.5, 0.6) is 0 Å². The SMILES string of the molecule is CC(CO)N(C)CC(C)(C)C(=O)Nc1ccccc1. The molecule has 0 spiro atoms. The first-order valence-electron chi connectivity index (χ1n) is 6.54. The van der Waals surface area contributed by atoms with Gasteiger partial charge in [0.2, 0.25) is 5.91 Å². The highest BCUT2D eigenvalue weighted by atomic mass is 16.3. The third-order valence-electron chi connectivity index (χ3n) is 3.31. The average Bonchev–Trinajstić information content (AvgIpc) is 2.38. The zero-order valence-corrected chi connectivity index (χ0v) is 12.2. The molecule has 0 aliphatic heterocycles. The zero-order chi connectivity index (χ0) is 14.5. The van der Waals surface area contributed by atoms with E-state index in [1.54, 1.807) is 0 Å². The summed E-state index contributed by atoms with van der Waals surface area (Å²) in [6.07, 6.45) is 0. The molecule has 0 saturated heterocycles. The molecule has 0 fully saturated rings. The molecular weight excluding hydrogens is 240 g/mol. The monoisotopic (exact) mass is 264 g/mol. The second-order valence-corrected chi connectivity index (χ2v) is 5.65. The van der Waals surface area contributed by atoms with Crippen LogP contribution in [-0.4, -0.2) is 42.2 Å². The van der Waals surface area contributed by atoms with Crippen molar-refractivity contribution in [1.82, 2.24) is 4.90 Å². The molecule has 1 atom stereocenters. The number of hydrogen-bond acceptors (Lipinski definition) is 3. The van der Waals surface area contributed by atoms with Crippen LogP contribution < -0.4 is 5.32 Å². The number of nitrogens with one attached hydrogen (secondary N) is 1. The van der Waals surface area contributed by atoms with Crippen molar-refractivity contribution in [1.29, 1.82) is 0 Å². The summed E-state index contributed by atoms with van der Waals surface area (Å²) in [6.45, 7) is 6.43. The third-order valence-corrected chi connectivity index (χ3v) is 3.31. The lowest BCUT2D eigenvalue weighted by Gasteiger charge is -2.32. The molecular formula is C15H24N2O2. The van der Waals surface area contributed by atoms with Crippen molar-refractivity contribution in [2.24, 2.45) is 5.41 Å². The Labute approximate surface area is 115 Å². The van der Waals surface area contributed by atoms with Gasteiger partial charge in [-0.25, -0.2) is 0 Å². The Morgan fingerprint density at radius 1 is 1.37 bits per heavy atom. The van der Waals surface area contributed by atoms with Crippen molar-refractivity contribution < 1.29 is 9.90 Å². The molecule has 2 N–H and O–H groups in total. The van der Waals surface area contributed by atoms with Crippen LogP contribution >= 0.6 is 0 Å². The number of carbonyl (C=O) groups is 1. The Morgan fingerprint density at radius 2 is 1.95 bits per heavy atom. The lowest BCUT2D eigenvalue weighted by Crippen LogP contribution is -2.44. The van der Waals surface area contributed by atoms with E-state index in [0.717, 1.165) is 5.69 Å². The Bertz CT molecular complexity index is 404. The number of rotatable bonds is 6. The molecule has 106 valence electrons. The summed E-state index contributed by atoms with van der Waals surface area (Å²) in [7, 11) is 1.92. The van der Waals surface area contributed by atoms with Gasteiger partial charge in [-0.15, -0.1) is 0 Å². The lowest BCUT2D eigenvalue weighted by atomic mass is 9.91. The van der Waals surface area contributed by atoms with Crippen LogP contribution in [0.2, 0.25) is 0 Å². The summed E-state index contributed by atoms with van der Waals surface area (Å²) < 4.78 is 0. The highest BCUT2D eigenvalue weighted by Gasteiger charge is 2.30. The van der Waals surface area contributed by atoms with Gasteiger partial charge >= 0.3 is 0 Å². The second-order valence-electron chi connectivity index (χ2n) is 5.65. The molecule has 1 aromatic carbocycles. The van der Waals surface area contributed by atoms with Crippen molar-refractivity contribution >= 4 is 11.6 Å². The van der Waals surface area contributed by atoms with E-state index in [4.69, 9.17) is 5.11 Å². The van der Waals surface area contributed by atoms with E-state index in [2.05, 4.69) is 5.32 Å². The van der Waals surface area contributed by atoms with Crippen LogP contribution in [0.15, 0.2) is 30.3 Å². The van der Waals surface area contributed by atoms with Crippen LogP contribution in [0.25, 0.3) is 0 Å². The number of anilines is 1. The predicted octanol–water partition coefficient (Wildman–Crippen LogP) is 1.96. The number of aliphatic hydroxyl groups is 1. The van der Waals surface area contributed by atoms with Gasteiger partial charge in [0.15, 0.2) is 0 Å². The van der Waals surface area contributed by atoms with Gasteiger partial charge in [-0.05, 0) is 40.0 Å². The van der Waals surface area contributed by atoms with Crippen molar-refractivity contribution in [2.45, 2.75) is 26.8 Å². The van der Waals surface area contributed by atoms with Gasteiger partial charge in [0.1, 0.15) is 0 Å². The lowest BCUT2D eigenvalue weighted by molar-refractivity contribution is -0.125. The van der Waals surface area contributed by atoms with Gasteiger partial charge < -0.3 is 15.3 Å². The van der Waals surface area contributed by atoms with Crippen molar-refractivity contribution in [2.75, 3.05) is 25.5 Å². The molecule has 1 unspecified atom stereocenters. The maximum atomic E-state index is 12.3. The largest absolute Gasteiger partial charge is 0.395 e. The van der Waals surface area contributed by atoms with E-state index in [1.165, 1.54) is 0 Å². The van der Waals surface area contributed by atoms with Crippen LogP contribution in [-0.2, 0) is 4.79 Å². The van der Waals surface area contributed by atoms with Gasteiger partial charge in [0.25, 0.3) is 0 Å². The van der Waals surface area contributed by atoms with Gasteiger partial charge in [0.05, 0.1) is 12.0 Å². The van der Waals surface area contributed by atoms with Crippen molar-refractivity contribution in [3.05, 3.63) is 30.3 Å². The fourth-order valence-corrected chi connectivity index (χ4v) is 1.81. The summed E-state index contributed by atoms with van der Waals surface area (Å²) in [6, 6.07) is 9.48. The van der Waals surface area contributed by atoms with Crippen LogP contribution in [0.1, 0.15) is 20.8 Å². The van der Waals surface area contributed by atoms with Crippen LogP contribution in [0.3, 0.4) is 0 Å². The minimum absolute atomic E-state index is 0.0179. The van der Waals surface area contributed by atoms with Crippen molar-refractivity contribution in [3.63, 3.8) is 0 Å². The van der Waals surface area contributed by atoms with Gasteiger partial charge in [-0.1, -0.05) is 18.2 Å². The maximum Gasteiger partial charge on any atom is 0.231 e. The Kier molecular flexibility index (Phi) is 5.51. The van der Waals surface area contributed by atoms with E-state index in [0.29, 0.717) is 6.54 Å². The third kappa shape index (κ3) is 4.65. The first kappa shape index (κ1) is 15.7. The molecule has 4 heteroatoms. The van der Waals surface area contributed by atoms with Gasteiger partial charge in [-0.3, -0.25) is 4.79 Å². The number of nitrogens with zero attached hydrogens (tertiary/aromatic N) is 1. The summed E-state index contributed by atoms with van der Waals surface area (Å²) >= 11 is 0. The molecule has 0 heterocycles. The molecule has 0 radical (unpaired) electrons. The number of para-hydroxylation sites is 1. The standard InChI is InChI=1S/C15H24N2O2/c1-12(10-18)17(4)11-15(2,3)14(19)16-13-8-6-5-7-9-13/h5-9,12,18H,10-11H2,1-4H3,(H,16,19). The zero-order valence-electron chi connectivity index (χ0n) is 12.2. The first-order valence-corrected chi connectivity index (χ1v) is 6.54. The Morgan fingerprint density at radius 3 is 2.47 bits per heavy atom. The minimum atomic E-state index is -0.520. The number of carbonyl (C=O) groups excluding carboxylic acids is 1. The van der Waals surface area contributed by atoms with Gasteiger partial charge in [-0.2, -0.15) is 0 Å². The van der Waals surface area contributed by atoms with E-state index in [-0.39, 0.29) is 18.6 Å². The minimum Gasteiger partial charge on any atom is -0.395 e. The molecule has 0 saturated carbocycles. The second kappa shape index (κ2) is 6.68. The number of aliphatic hydroxyl groups excluding tert-OH is 1. The molecule has 0 aromatic heterocycles. The fourth-order valence-electron chi connectivity index (χ4n) is 1.81. The molecule has 0 bridgehead atoms. The van der Waals surface area contributed by atoms with E-state index in [1.807, 2.05) is 63.1 Å². The highest BCUT2D eigenvalue weighted by molar-refractivity contribution is 5.94. The summed E-state index contributed by atoms with van der Waals surface area (Å²) in [5, 5.41) is 12.1. The topological polar surface area (TPSA) is 52.6 Å². The summed E-state index contributed by atoms with van der Waals surface area (Å²) in [5.74, 6) is -0.0179. The van der Waals surface area contributed by atoms with E-state index >= 15 is 0 Å². The molecule has 1 rings (SSSR count). The number of amides is 1. The van der Waals surface area contributed by atoms with E-state index < -0.39 is 5.41 Å². The van der Waals surface area contributed by atoms with E-state index in [9.17, 15) is 4.79 Å². The molecule has 1 aromatic rings. The average molecular weight is 264 g/mol. The number of benzene rings is 1. The molecule has 0 aliphatic rings. The molecule has 0 aliphatic carbocycles. The van der Waals surface area contributed by atoms with Crippen LogP contribution in [0, 0.1) is 5.41 Å². The number of hydrogen-bond donors (Lipinski definition) is 2. The number of likely N-dealkylation sites (N-methyl/N-ethyl adjacent to an activating group) is 1. The van der Waals surface area contributed by atoms with Gasteiger partial charge in [0, 0.05) is 18.3 Å². The van der Waals surface area contributed by atoms with Crippen LogP contribution in [0.4, 0.5) is 5.69 Å². The molecule has 19 heavy (non-hydrogen) atoms. The smallest absolute Gasteiger partial charge is 0.231 e. The summed E-state index contributed by atoms with van der Waals surface area (Å²) in [5.41, 5.74) is 0.284. The summed E-state index contributed by atoms with van der Waals surface area (Å²) in [4.78, 5) is 14.3. The molecule has 4 nitrogen and oxygen atoms in total. The quantitative estimate of drug-likeness (QED) is 0.826. The Balaban J connectivity index is 2.64. The highest BCUT2D eigenvalue weighted by Crippen LogP contribution is 2.20. The molecule has 1 amide bonds. The Hall–Kier alpha value is -1.39.